The number of methoxy groups -OCH3 is 2. The van der Waals surface area contributed by atoms with E-state index in [1.54, 1.807) is 26.4 Å². The summed E-state index contributed by atoms with van der Waals surface area (Å²) in [6, 6.07) is 12.3. The fraction of sp³-hybridized carbons (Fsp3) is 0.350. The van der Waals surface area contributed by atoms with Crippen molar-refractivity contribution in [1.29, 1.82) is 0 Å². The van der Waals surface area contributed by atoms with Crippen LogP contribution in [0.3, 0.4) is 0 Å². The summed E-state index contributed by atoms with van der Waals surface area (Å²) in [7, 11) is 3.25. The second kappa shape index (κ2) is 12.4. The Labute approximate surface area is 177 Å². The van der Waals surface area contributed by atoms with Crippen molar-refractivity contribution in [3.8, 4) is 11.5 Å². The van der Waals surface area contributed by atoms with Crippen molar-refractivity contribution >= 4 is 29.9 Å². The van der Waals surface area contributed by atoms with Crippen molar-refractivity contribution in [3.05, 3.63) is 59.4 Å². The normalized spacial score (nSPS) is 10.7. The van der Waals surface area contributed by atoms with Gasteiger partial charge in [-0.05, 0) is 48.7 Å². The van der Waals surface area contributed by atoms with Gasteiger partial charge in [0.15, 0.2) is 17.5 Å². The van der Waals surface area contributed by atoms with Crippen LogP contribution in [-0.4, -0.2) is 33.3 Å². The number of guanidine groups is 1. The van der Waals surface area contributed by atoms with Gasteiger partial charge in [0.1, 0.15) is 5.82 Å². The number of ether oxygens (including phenoxy) is 2. The van der Waals surface area contributed by atoms with Crippen LogP contribution in [0.1, 0.15) is 18.1 Å². The second-order valence-electron chi connectivity index (χ2n) is 5.69. The molecule has 0 heterocycles. The van der Waals surface area contributed by atoms with Crippen LogP contribution in [-0.2, 0) is 13.0 Å². The largest absolute Gasteiger partial charge is 0.493 e. The molecule has 7 heteroatoms. The highest BCUT2D eigenvalue weighted by Crippen LogP contribution is 2.27. The molecule has 0 saturated carbocycles. The Morgan fingerprint density at radius 3 is 2.26 bits per heavy atom. The molecule has 5 nitrogen and oxygen atoms in total. The van der Waals surface area contributed by atoms with E-state index in [0.29, 0.717) is 6.54 Å². The molecule has 2 aromatic carbocycles. The maximum atomic E-state index is 13.0. The number of nitrogens with one attached hydrogen (secondary N) is 2. The number of nitrogens with zero attached hydrogens (tertiary/aromatic N) is 1. The molecule has 2 N–H and O–H groups in total. The molecule has 0 fully saturated rings. The van der Waals surface area contributed by atoms with Gasteiger partial charge in [-0.25, -0.2) is 9.38 Å². The number of hydrogen-bond acceptors (Lipinski definition) is 3. The van der Waals surface area contributed by atoms with E-state index in [9.17, 15) is 4.39 Å². The molecule has 0 aliphatic heterocycles. The van der Waals surface area contributed by atoms with Crippen molar-refractivity contribution in [1.82, 2.24) is 10.6 Å². The van der Waals surface area contributed by atoms with E-state index in [1.807, 2.05) is 25.1 Å². The molecule has 0 spiro atoms. The van der Waals surface area contributed by atoms with Crippen molar-refractivity contribution in [3.63, 3.8) is 0 Å². The molecule has 2 rings (SSSR count). The zero-order valence-electron chi connectivity index (χ0n) is 15.9. The van der Waals surface area contributed by atoms with E-state index < -0.39 is 0 Å². The molecular weight excluding hydrogens is 460 g/mol. The number of hydrogen-bond donors (Lipinski definition) is 2. The molecule has 0 aliphatic rings. The highest BCUT2D eigenvalue weighted by atomic mass is 127. The first-order valence-electron chi connectivity index (χ1n) is 8.63. The van der Waals surface area contributed by atoms with Crippen molar-refractivity contribution in [2.75, 3.05) is 27.3 Å². The number of halogens is 2. The van der Waals surface area contributed by atoms with Gasteiger partial charge >= 0.3 is 0 Å². The lowest BCUT2D eigenvalue weighted by atomic mass is 10.1. The lowest BCUT2D eigenvalue weighted by Gasteiger charge is -2.12. The predicted octanol–water partition coefficient (Wildman–Crippen LogP) is 3.76. The van der Waals surface area contributed by atoms with Crippen LogP contribution in [0, 0.1) is 5.82 Å². The van der Waals surface area contributed by atoms with Crippen LogP contribution in [0.5, 0.6) is 11.5 Å². The van der Waals surface area contributed by atoms with Crippen LogP contribution in [0.25, 0.3) is 0 Å². The smallest absolute Gasteiger partial charge is 0.191 e. The first kappa shape index (κ1) is 23.0. The zero-order valence-corrected chi connectivity index (χ0v) is 18.3. The molecule has 27 heavy (non-hydrogen) atoms. The third-order valence-electron chi connectivity index (χ3n) is 3.83. The number of aliphatic imine (C=N–C) groups is 1. The highest BCUT2D eigenvalue weighted by molar-refractivity contribution is 14.0. The Morgan fingerprint density at radius 1 is 0.963 bits per heavy atom. The molecule has 0 unspecified atom stereocenters. The van der Waals surface area contributed by atoms with E-state index in [2.05, 4.69) is 15.6 Å². The predicted molar refractivity (Wildman–Crippen MR) is 118 cm³/mol. The van der Waals surface area contributed by atoms with Gasteiger partial charge in [-0.3, -0.25) is 0 Å². The molecule has 0 radical (unpaired) electrons. The lowest BCUT2D eigenvalue weighted by molar-refractivity contribution is 0.354. The maximum Gasteiger partial charge on any atom is 0.191 e. The zero-order chi connectivity index (χ0) is 18.8. The minimum Gasteiger partial charge on any atom is -0.493 e. The highest BCUT2D eigenvalue weighted by Gasteiger charge is 2.05. The van der Waals surface area contributed by atoms with Gasteiger partial charge in [-0.1, -0.05) is 18.2 Å². The average Bonchev–Trinajstić information content (AvgIpc) is 2.67. The first-order valence-corrected chi connectivity index (χ1v) is 8.63. The average molecular weight is 487 g/mol. The molecule has 0 saturated heterocycles. The number of rotatable bonds is 8. The summed E-state index contributed by atoms with van der Waals surface area (Å²) in [4.78, 5) is 4.53. The van der Waals surface area contributed by atoms with E-state index in [0.717, 1.165) is 48.1 Å². The third kappa shape index (κ3) is 7.62. The SMILES string of the molecule is CCNC(=NCc1ccc(F)cc1)NCCc1ccc(OC)c(OC)c1.I. The molecule has 148 valence electrons. The van der Waals surface area contributed by atoms with E-state index >= 15 is 0 Å². The summed E-state index contributed by atoms with van der Waals surface area (Å²) in [6.07, 6.45) is 0.821. The van der Waals surface area contributed by atoms with Crippen LogP contribution < -0.4 is 20.1 Å². The van der Waals surface area contributed by atoms with Crippen LogP contribution in [0.15, 0.2) is 47.5 Å². The Balaban J connectivity index is 0.00000364. The molecule has 0 aromatic heterocycles. The molecule has 2 aromatic rings. The summed E-state index contributed by atoms with van der Waals surface area (Å²) in [5.41, 5.74) is 2.10. The molecule has 0 bridgehead atoms. The van der Waals surface area contributed by atoms with Crippen molar-refractivity contribution < 1.29 is 13.9 Å². The summed E-state index contributed by atoms with van der Waals surface area (Å²) in [5.74, 6) is 1.94. The molecule has 0 aliphatic carbocycles. The third-order valence-corrected chi connectivity index (χ3v) is 3.83. The van der Waals surface area contributed by atoms with E-state index in [1.165, 1.54) is 12.1 Å². The summed E-state index contributed by atoms with van der Waals surface area (Å²) in [6.45, 7) is 4.01. The fourth-order valence-corrected chi connectivity index (χ4v) is 2.46. The van der Waals surface area contributed by atoms with Crippen molar-refractivity contribution in [2.24, 2.45) is 4.99 Å². The van der Waals surface area contributed by atoms with Gasteiger partial charge in [0.25, 0.3) is 0 Å². The van der Waals surface area contributed by atoms with Gasteiger partial charge in [-0.2, -0.15) is 0 Å². The summed E-state index contributed by atoms with van der Waals surface area (Å²) < 4.78 is 23.5. The summed E-state index contributed by atoms with van der Waals surface area (Å²) in [5, 5.41) is 6.52. The molecule has 0 amide bonds. The van der Waals surface area contributed by atoms with Crippen LogP contribution >= 0.6 is 24.0 Å². The molecule has 0 atom stereocenters. The number of benzene rings is 2. The van der Waals surface area contributed by atoms with Crippen molar-refractivity contribution in [2.45, 2.75) is 19.9 Å². The topological polar surface area (TPSA) is 54.9 Å². The van der Waals surface area contributed by atoms with E-state index in [4.69, 9.17) is 9.47 Å². The van der Waals surface area contributed by atoms with Gasteiger partial charge in [-0.15, -0.1) is 24.0 Å². The van der Waals surface area contributed by atoms with Gasteiger partial charge in [0, 0.05) is 13.1 Å². The minimum absolute atomic E-state index is 0. The van der Waals surface area contributed by atoms with Gasteiger partial charge in [0.2, 0.25) is 0 Å². The Morgan fingerprint density at radius 2 is 1.63 bits per heavy atom. The lowest BCUT2D eigenvalue weighted by Crippen LogP contribution is -2.38. The quantitative estimate of drug-likeness (QED) is 0.339. The second-order valence-corrected chi connectivity index (χ2v) is 5.69. The standard InChI is InChI=1S/C20H26FN3O2.HI/c1-4-22-20(24-14-16-5-8-17(21)9-6-16)23-12-11-15-7-10-18(25-2)19(13-15)26-3;/h5-10,13H,4,11-12,14H2,1-3H3,(H2,22,23,24);1H. The van der Waals surface area contributed by atoms with Crippen LogP contribution in [0.2, 0.25) is 0 Å². The van der Waals surface area contributed by atoms with Gasteiger partial charge in [0.05, 0.1) is 20.8 Å². The molecular formula is C20H27FIN3O2. The monoisotopic (exact) mass is 487 g/mol. The minimum atomic E-state index is -0.238. The first-order chi connectivity index (χ1) is 12.7. The van der Waals surface area contributed by atoms with Crippen LogP contribution in [0.4, 0.5) is 4.39 Å². The fourth-order valence-electron chi connectivity index (χ4n) is 2.46. The van der Waals surface area contributed by atoms with E-state index in [-0.39, 0.29) is 29.8 Å². The Bertz CT molecular complexity index is 724. The Kier molecular flexibility index (Phi) is 10.5. The van der Waals surface area contributed by atoms with Gasteiger partial charge < -0.3 is 20.1 Å². The maximum absolute atomic E-state index is 13.0. The summed E-state index contributed by atoms with van der Waals surface area (Å²) >= 11 is 0. The Hall–Kier alpha value is -2.03.